The lowest BCUT2D eigenvalue weighted by atomic mass is 10.1. The largest absolute Gasteiger partial charge is 0.481 e. The third-order valence-electron chi connectivity index (χ3n) is 3.64. The van der Waals surface area contributed by atoms with Gasteiger partial charge >= 0.3 is 0 Å². The Morgan fingerprint density at radius 2 is 2.00 bits per heavy atom. The van der Waals surface area contributed by atoms with Gasteiger partial charge in [0, 0.05) is 26.2 Å². The number of aryl methyl sites for hydroxylation is 1. The van der Waals surface area contributed by atoms with Gasteiger partial charge in [0.2, 0.25) is 0 Å². The molecule has 1 unspecified atom stereocenters. The highest BCUT2D eigenvalue weighted by atomic mass is 16.5. The fourth-order valence-electron chi connectivity index (χ4n) is 2.24. The minimum absolute atomic E-state index is 0.0717. The first-order valence-corrected chi connectivity index (χ1v) is 6.82. The van der Waals surface area contributed by atoms with E-state index >= 15 is 0 Å². The van der Waals surface area contributed by atoms with Gasteiger partial charge in [-0.15, -0.1) is 0 Å². The van der Waals surface area contributed by atoms with Crippen molar-refractivity contribution in [3.05, 3.63) is 29.3 Å². The van der Waals surface area contributed by atoms with Gasteiger partial charge in [-0.3, -0.25) is 4.79 Å². The number of nitrogens with zero attached hydrogens (tertiary/aromatic N) is 1. The van der Waals surface area contributed by atoms with E-state index in [1.54, 1.807) is 0 Å². The number of carbonyl (C=O) groups excluding carboxylic acids is 1. The molecule has 0 aromatic heterocycles. The van der Waals surface area contributed by atoms with Crippen molar-refractivity contribution >= 4 is 5.91 Å². The van der Waals surface area contributed by atoms with E-state index in [-0.39, 0.29) is 5.91 Å². The van der Waals surface area contributed by atoms with Crippen LogP contribution in [0.25, 0.3) is 0 Å². The summed E-state index contributed by atoms with van der Waals surface area (Å²) >= 11 is 0. The maximum Gasteiger partial charge on any atom is 0.263 e. The third-order valence-corrected chi connectivity index (χ3v) is 3.64. The summed E-state index contributed by atoms with van der Waals surface area (Å²) in [5, 5.41) is 3.24. The van der Waals surface area contributed by atoms with Crippen LogP contribution in [0.2, 0.25) is 0 Å². The molecule has 0 bridgehead atoms. The molecule has 1 heterocycles. The average Bonchev–Trinajstić information content (AvgIpc) is 2.44. The number of ether oxygens (including phenoxy) is 1. The second-order valence-corrected chi connectivity index (χ2v) is 5.03. The quantitative estimate of drug-likeness (QED) is 0.897. The van der Waals surface area contributed by atoms with Gasteiger partial charge in [-0.05, 0) is 38.0 Å². The predicted octanol–water partition coefficient (Wildman–Crippen LogP) is 1.50. The number of amides is 1. The Bertz CT molecular complexity index is 453. The van der Waals surface area contributed by atoms with Crippen molar-refractivity contribution in [3.63, 3.8) is 0 Å². The molecule has 1 saturated heterocycles. The smallest absolute Gasteiger partial charge is 0.263 e. The second-order valence-electron chi connectivity index (χ2n) is 5.03. The lowest BCUT2D eigenvalue weighted by molar-refractivity contribution is -0.138. The SMILES string of the molecule is Cc1cccc(OC(C)C(=O)N2CCNCC2)c1C. The van der Waals surface area contributed by atoms with E-state index in [0.29, 0.717) is 0 Å². The number of benzene rings is 1. The molecular weight excluding hydrogens is 240 g/mol. The molecule has 1 aliphatic rings. The highest BCUT2D eigenvalue weighted by molar-refractivity contribution is 5.81. The van der Waals surface area contributed by atoms with Gasteiger partial charge in [0.25, 0.3) is 5.91 Å². The van der Waals surface area contributed by atoms with Crippen LogP contribution in [-0.2, 0) is 4.79 Å². The van der Waals surface area contributed by atoms with Crippen LogP contribution in [0.3, 0.4) is 0 Å². The monoisotopic (exact) mass is 262 g/mol. The lowest BCUT2D eigenvalue weighted by Crippen LogP contribution is -2.50. The molecule has 2 rings (SSSR count). The lowest BCUT2D eigenvalue weighted by Gasteiger charge is -2.30. The Hall–Kier alpha value is -1.55. The van der Waals surface area contributed by atoms with Gasteiger partial charge < -0.3 is 15.0 Å². The zero-order valence-electron chi connectivity index (χ0n) is 11.9. The molecule has 4 heteroatoms. The van der Waals surface area contributed by atoms with E-state index in [1.165, 1.54) is 5.56 Å². The van der Waals surface area contributed by atoms with Gasteiger partial charge in [0.05, 0.1) is 0 Å². The predicted molar refractivity (Wildman–Crippen MR) is 75.5 cm³/mol. The van der Waals surface area contributed by atoms with Crippen LogP contribution < -0.4 is 10.1 Å². The van der Waals surface area contributed by atoms with Crippen LogP contribution in [-0.4, -0.2) is 43.1 Å². The summed E-state index contributed by atoms with van der Waals surface area (Å²) in [4.78, 5) is 14.1. The molecule has 0 radical (unpaired) electrons. The van der Waals surface area contributed by atoms with Gasteiger partial charge in [-0.25, -0.2) is 0 Å². The minimum atomic E-state index is -0.432. The molecule has 1 aromatic rings. The molecule has 104 valence electrons. The first-order chi connectivity index (χ1) is 9.09. The normalized spacial score (nSPS) is 17.1. The van der Waals surface area contributed by atoms with Crippen molar-refractivity contribution in [1.82, 2.24) is 10.2 Å². The molecule has 19 heavy (non-hydrogen) atoms. The maximum atomic E-state index is 12.3. The first kappa shape index (κ1) is 13.9. The standard InChI is InChI=1S/C15H22N2O2/c1-11-5-4-6-14(12(11)2)19-13(3)15(18)17-9-7-16-8-10-17/h4-6,13,16H,7-10H2,1-3H3. The fourth-order valence-corrected chi connectivity index (χ4v) is 2.24. The average molecular weight is 262 g/mol. The zero-order chi connectivity index (χ0) is 13.8. The number of carbonyl (C=O) groups is 1. The number of piperazine rings is 1. The van der Waals surface area contributed by atoms with Crippen molar-refractivity contribution in [3.8, 4) is 5.75 Å². The Labute approximate surface area is 114 Å². The van der Waals surface area contributed by atoms with Crippen molar-refractivity contribution in [2.75, 3.05) is 26.2 Å². The summed E-state index contributed by atoms with van der Waals surface area (Å²) in [6, 6.07) is 5.93. The van der Waals surface area contributed by atoms with Crippen molar-refractivity contribution in [2.24, 2.45) is 0 Å². The number of rotatable bonds is 3. The zero-order valence-corrected chi connectivity index (χ0v) is 11.9. The van der Waals surface area contributed by atoms with Crippen molar-refractivity contribution in [1.29, 1.82) is 0 Å². The van der Waals surface area contributed by atoms with Crippen LogP contribution in [0.4, 0.5) is 0 Å². The molecule has 1 N–H and O–H groups in total. The van der Waals surface area contributed by atoms with E-state index < -0.39 is 6.10 Å². The second kappa shape index (κ2) is 6.06. The highest BCUT2D eigenvalue weighted by Crippen LogP contribution is 2.22. The molecule has 1 aromatic carbocycles. The number of hydrogen-bond donors (Lipinski definition) is 1. The molecule has 1 atom stereocenters. The number of hydrogen-bond acceptors (Lipinski definition) is 3. The van der Waals surface area contributed by atoms with E-state index in [1.807, 2.05) is 43.9 Å². The minimum Gasteiger partial charge on any atom is -0.481 e. The fraction of sp³-hybridized carbons (Fsp3) is 0.533. The molecule has 1 aliphatic heterocycles. The highest BCUT2D eigenvalue weighted by Gasteiger charge is 2.23. The first-order valence-electron chi connectivity index (χ1n) is 6.82. The Kier molecular flexibility index (Phi) is 4.43. The van der Waals surface area contributed by atoms with Crippen molar-refractivity contribution < 1.29 is 9.53 Å². The Balaban J connectivity index is 2.01. The van der Waals surface area contributed by atoms with E-state index in [4.69, 9.17) is 4.74 Å². The summed E-state index contributed by atoms with van der Waals surface area (Å²) in [6.07, 6.45) is -0.432. The number of nitrogens with one attached hydrogen (secondary N) is 1. The Morgan fingerprint density at radius 3 is 2.68 bits per heavy atom. The van der Waals surface area contributed by atoms with E-state index in [2.05, 4.69) is 5.32 Å². The van der Waals surface area contributed by atoms with Crippen molar-refractivity contribution in [2.45, 2.75) is 26.9 Å². The molecular formula is C15H22N2O2. The maximum absolute atomic E-state index is 12.3. The van der Waals surface area contributed by atoms with Crippen LogP contribution in [0.5, 0.6) is 5.75 Å². The summed E-state index contributed by atoms with van der Waals surface area (Å²) in [7, 11) is 0. The summed E-state index contributed by atoms with van der Waals surface area (Å²) < 4.78 is 5.83. The topological polar surface area (TPSA) is 41.6 Å². The van der Waals surface area contributed by atoms with Crippen LogP contribution in [0, 0.1) is 13.8 Å². The van der Waals surface area contributed by atoms with Gasteiger partial charge in [-0.1, -0.05) is 12.1 Å². The van der Waals surface area contributed by atoms with Gasteiger partial charge in [0.15, 0.2) is 6.10 Å². The molecule has 0 aliphatic carbocycles. The third kappa shape index (κ3) is 3.26. The van der Waals surface area contributed by atoms with E-state index in [0.717, 1.165) is 37.5 Å². The van der Waals surface area contributed by atoms with Crippen LogP contribution >= 0.6 is 0 Å². The molecule has 4 nitrogen and oxygen atoms in total. The summed E-state index contributed by atoms with van der Waals surface area (Å²) in [5.74, 6) is 0.874. The molecule has 1 fully saturated rings. The molecule has 1 amide bonds. The van der Waals surface area contributed by atoms with Gasteiger partial charge in [0.1, 0.15) is 5.75 Å². The molecule has 0 saturated carbocycles. The van der Waals surface area contributed by atoms with Crippen LogP contribution in [0.15, 0.2) is 18.2 Å². The van der Waals surface area contributed by atoms with E-state index in [9.17, 15) is 4.79 Å². The molecule has 0 spiro atoms. The van der Waals surface area contributed by atoms with Crippen LogP contribution in [0.1, 0.15) is 18.1 Å². The summed E-state index contributed by atoms with van der Waals surface area (Å²) in [5.41, 5.74) is 2.28. The summed E-state index contributed by atoms with van der Waals surface area (Å²) in [6.45, 7) is 9.15. The van der Waals surface area contributed by atoms with Gasteiger partial charge in [-0.2, -0.15) is 0 Å². The Morgan fingerprint density at radius 1 is 1.32 bits per heavy atom.